The van der Waals surface area contributed by atoms with E-state index in [4.69, 9.17) is 0 Å². The summed E-state index contributed by atoms with van der Waals surface area (Å²) in [6.45, 7) is 2.24. The van der Waals surface area contributed by atoms with Crippen molar-refractivity contribution in [1.29, 1.82) is 0 Å². The standard InChI is InChI=1S/C30H22/c1-21-20-28-29(25-17-9-8-16-24(21)25)26-18-10-11-19-27(26)30(28,22-12-4-2-5-13-22)23-14-6-3-7-15-23/h2-20H,1H3. The minimum absolute atomic E-state index is 0.316. The lowest BCUT2D eigenvalue weighted by molar-refractivity contribution is 0.768. The Morgan fingerprint density at radius 1 is 0.500 bits per heavy atom. The second kappa shape index (κ2) is 6.43. The third kappa shape index (κ3) is 2.16. The Morgan fingerprint density at radius 2 is 1.03 bits per heavy atom. The number of benzene rings is 5. The highest BCUT2D eigenvalue weighted by Crippen LogP contribution is 2.57. The number of hydrogen-bond acceptors (Lipinski definition) is 0. The highest BCUT2D eigenvalue weighted by atomic mass is 14.5. The van der Waals surface area contributed by atoms with Crippen LogP contribution in [-0.4, -0.2) is 0 Å². The molecule has 0 saturated heterocycles. The van der Waals surface area contributed by atoms with E-state index < -0.39 is 0 Å². The van der Waals surface area contributed by atoms with Gasteiger partial charge < -0.3 is 0 Å². The molecule has 5 aromatic carbocycles. The van der Waals surface area contributed by atoms with Gasteiger partial charge >= 0.3 is 0 Å². The average molecular weight is 383 g/mol. The third-order valence-electron chi connectivity index (χ3n) is 6.67. The lowest BCUT2D eigenvalue weighted by Gasteiger charge is -2.34. The number of fused-ring (bicyclic) bond motifs is 5. The fourth-order valence-electron chi connectivity index (χ4n) is 5.48. The zero-order valence-corrected chi connectivity index (χ0v) is 17.0. The molecular formula is C30H22. The SMILES string of the molecule is Cc1cc2c(c3ccccc13)-c1ccccc1C2(c1ccccc1)c1ccccc1. The van der Waals surface area contributed by atoms with E-state index >= 15 is 0 Å². The predicted molar refractivity (Wildman–Crippen MR) is 126 cm³/mol. The van der Waals surface area contributed by atoms with Gasteiger partial charge in [-0.2, -0.15) is 0 Å². The van der Waals surface area contributed by atoms with Gasteiger partial charge in [-0.05, 0) is 56.6 Å². The first-order valence-electron chi connectivity index (χ1n) is 10.6. The second-order valence-corrected chi connectivity index (χ2v) is 8.19. The Kier molecular flexibility index (Phi) is 3.70. The van der Waals surface area contributed by atoms with Gasteiger partial charge in [-0.25, -0.2) is 0 Å². The number of rotatable bonds is 2. The van der Waals surface area contributed by atoms with Crippen molar-refractivity contribution in [2.24, 2.45) is 0 Å². The Bertz CT molecular complexity index is 1340. The minimum atomic E-state index is -0.316. The Labute approximate surface area is 177 Å². The van der Waals surface area contributed by atoms with Crippen LogP contribution in [0.1, 0.15) is 27.8 Å². The highest BCUT2D eigenvalue weighted by Gasteiger charge is 2.46. The summed E-state index contributed by atoms with van der Waals surface area (Å²) in [6, 6.07) is 42.2. The van der Waals surface area contributed by atoms with Gasteiger partial charge in [0.25, 0.3) is 0 Å². The van der Waals surface area contributed by atoms with E-state index in [0.717, 1.165) is 0 Å². The van der Waals surface area contributed by atoms with Gasteiger partial charge in [0.05, 0.1) is 5.41 Å². The number of aryl methyl sites for hydroxylation is 1. The summed E-state index contributed by atoms with van der Waals surface area (Å²) in [5, 5.41) is 2.68. The van der Waals surface area contributed by atoms with E-state index in [2.05, 4.69) is 122 Å². The third-order valence-corrected chi connectivity index (χ3v) is 6.67. The van der Waals surface area contributed by atoms with Crippen LogP contribution >= 0.6 is 0 Å². The smallest absolute Gasteiger partial charge is 0.0622 e. The molecule has 0 aliphatic heterocycles. The van der Waals surface area contributed by atoms with E-state index in [1.807, 2.05) is 0 Å². The molecule has 1 aliphatic carbocycles. The van der Waals surface area contributed by atoms with Crippen molar-refractivity contribution < 1.29 is 0 Å². The first-order valence-corrected chi connectivity index (χ1v) is 10.6. The Morgan fingerprint density at radius 3 is 1.70 bits per heavy atom. The largest absolute Gasteiger partial charge is 0.0713 e. The lowest BCUT2D eigenvalue weighted by Crippen LogP contribution is -2.28. The van der Waals surface area contributed by atoms with Gasteiger partial charge in [-0.15, -0.1) is 0 Å². The van der Waals surface area contributed by atoms with Gasteiger partial charge in [0, 0.05) is 0 Å². The molecule has 0 atom stereocenters. The molecule has 0 heteroatoms. The first kappa shape index (κ1) is 17.2. The molecule has 0 amide bonds. The van der Waals surface area contributed by atoms with E-state index in [1.54, 1.807) is 0 Å². The summed E-state index contributed by atoms with van der Waals surface area (Å²) in [6.07, 6.45) is 0. The van der Waals surface area contributed by atoms with E-state index in [1.165, 1.54) is 49.7 Å². The lowest BCUT2D eigenvalue weighted by atomic mass is 9.67. The topological polar surface area (TPSA) is 0 Å². The van der Waals surface area contributed by atoms with Crippen molar-refractivity contribution in [3.05, 3.63) is 143 Å². The van der Waals surface area contributed by atoms with Crippen LogP contribution in [0.15, 0.2) is 115 Å². The maximum atomic E-state index is 2.43. The van der Waals surface area contributed by atoms with Crippen molar-refractivity contribution >= 4 is 10.8 Å². The second-order valence-electron chi connectivity index (χ2n) is 8.19. The molecule has 0 N–H and O–H groups in total. The fraction of sp³-hybridized carbons (Fsp3) is 0.0667. The number of hydrogen-bond donors (Lipinski definition) is 0. The molecule has 0 radical (unpaired) electrons. The molecule has 0 fully saturated rings. The normalized spacial score (nSPS) is 13.8. The van der Waals surface area contributed by atoms with Crippen molar-refractivity contribution in [3.63, 3.8) is 0 Å². The summed E-state index contributed by atoms with van der Waals surface area (Å²) >= 11 is 0. The van der Waals surface area contributed by atoms with Gasteiger partial charge in [0.15, 0.2) is 0 Å². The van der Waals surface area contributed by atoms with Crippen LogP contribution in [0.2, 0.25) is 0 Å². The molecular weight excluding hydrogens is 360 g/mol. The summed E-state index contributed by atoms with van der Waals surface area (Å²) in [4.78, 5) is 0. The summed E-state index contributed by atoms with van der Waals surface area (Å²) in [5.74, 6) is 0. The van der Waals surface area contributed by atoms with E-state index in [-0.39, 0.29) is 5.41 Å². The first-order chi connectivity index (χ1) is 14.8. The average Bonchev–Trinajstić information content (AvgIpc) is 3.11. The van der Waals surface area contributed by atoms with Crippen LogP contribution in [0.5, 0.6) is 0 Å². The van der Waals surface area contributed by atoms with Crippen LogP contribution in [0.4, 0.5) is 0 Å². The van der Waals surface area contributed by atoms with Crippen LogP contribution in [0.25, 0.3) is 21.9 Å². The van der Waals surface area contributed by atoms with E-state index in [9.17, 15) is 0 Å². The zero-order valence-electron chi connectivity index (χ0n) is 17.0. The van der Waals surface area contributed by atoms with Crippen LogP contribution < -0.4 is 0 Å². The minimum Gasteiger partial charge on any atom is -0.0622 e. The monoisotopic (exact) mass is 382 g/mol. The van der Waals surface area contributed by atoms with Crippen LogP contribution in [0.3, 0.4) is 0 Å². The molecule has 0 nitrogen and oxygen atoms in total. The molecule has 0 heterocycles. The zero-order chi connectivity index (χ0) is 20.1. The summed E-state index contributed by atoms with van der Waals surface area (Å²) in [7, 11) is 0. The molecule has 0 spiro atoms. The van der Waals surface area contributed by atoms with Crippen molar-refractivity contribution in [3.8, 4) is 11.1 Å². The quantitative estimate of drug-likeness (QED) is 0.291. The Balaban J connectivity index is 1.87. The molecule has 142 valence electrons. The maximum Gasteiger partial charge on any atom is 0.0713 e. The van der Waals surface area contributed by atoms with Gasteiger partial charge in [-0.1, -0.05) is 115 Å². The van der Waals surface area contributed by atoms with Crippen molar-refractivity contribution in [1.82, 2.24) is 0 Å². The molecule has 0 saturated carbocycles. The molecule has 5 aromatic rings. The molecule has 6 rings (SSSR count). The Hall–Kier alpha value is -3.64. The van der Waals surface area contributed by atoms with Gasteiger partial charge in [0.2, 0.25) is 0 Å². The van der Waals surface area contributed by atoms with Crippen molar-refractivity contribution in [2.75, 3.05) is 0 Å². The predicted octanol–water partition coefficient (Wildman–Crippen LogP) is 7.51. The van der Waals surface area contributed by atoms with Crippen molar-refractivity contribution in [2.45, 2.75) is 12.3 Å². The highest BCUT2D eigenvalue weighted by molar-refractivity contribution is 6.05. The molecule has 0 unspecified atom stereocenters. The molecule has 1 aliphatic rings. The molecule has 0 bridgehead atoms. The molecule has 0 aromatic heterocycles. The summed E-state index contributed by atoms with van der Waals surface area (Å²) < 4.78 is 0. The van der Waals surface area contributed by atoms with Crippen LogP contribution in [-0.2, 0) is 5.41 Å². The fourth-order valence-corrected chi connectivity index (χ4v) is 5.48. The van der Waals surface area contributed by atoms with E-state index in [0.29, 0.717) is 0 Å². The van der Waals surface area contributed by atoms with Crippen LogP contribution in [0, 0.1) is 6.92 Å². The van der Waals surface area contributed by atoms with Gasteiger partial charge in [0.1, 0.15) is 0 Å². The molecule has 30 heavy (non-hydrogen) atoms. The summed E-state index contributed by atoms with van der Waals surface area (Å²) in [5.41, 5.74) is 9.12. The van der Waals surface area contributed by atoms with Gasteiger partial charge in [-0.3, -0.25) is 0 Å². The maximum absolute atomic E-state index is 2.43.